The fourth-order valence-corrected chi connectivity index (χ4v) is 2.85. The molecule has 0 saturated carbocycles. The van der Waals surface area contributed by atoms with Gasteiger partial charge in [0.2, 0.25) is 0 Å². The topological polar surface area (TPSA) is 88.1 Å². The maximum atomic E-state index is 12.9. The molecule has 0 bridgehead atoms. The number of hydrogen-bond acceptors (Lipinski definition) is 5. The summed E-state index contributed by atoms with van der Waals surface area (Å²) in [4.78, 5) is 42.2. The summed E-state index contributed by atoms with van der Waals surface area (Å²) in [7, 11) is 0. The van der Waals surface area contributed by atoms with Gasteiger partial charge in [-0.3, -0.25) is 9.59 Å². The number of hydrogen-bond donors (Lipinski definition) is 1. The van der Waals surface area contributed by atoms with Crippen LogP contribution in [0.2, 0.25) is 0 Å². The zero-order valence-corrected chi connectivity index (χ0v) is 14.6. The van der Waals surface area contributed by atoms with Gasteiger partial charge in [-0.25, -0.2) is 4.79 Å². The lowest BCUT2D eigenvalue weighted by atomic mass is 9.91. The predicted octanol–water partition coefficient (Wildman–Crippen LogP) is 2.27. The van der Waals surface area contributed by atoms with Crippen molar-refractivity contribution in [3.63, 3.8) is 0 Å². The minimum Gasteiger partial charge on any atom is -0.462 e. The molecular weight excluding hydrogens is 334 g/mol. The van der Waals surface area contributed by atoms with Crippen molar-refractivity contribution in [1.82, 2.24) is 4.90 Å². The lowest BCUT2D eigenvalue weighted by molar-refractivity contribution is -0.130. The quantitative estimate of drug-likeness (QED) is 0.839. The van der Waals surface area contributed by atoms with Gasteiger partial charge in [-0.15, -0.1) is 0 Å². The Hall–Kier alpha value is -3.22. The number of nitrogens with zero attached hydrogens (tertiary/aromatic N) is 2. The minimum absolute atomic E-state index is 0.0264. The highest BCUT2D eigenvalue weighted by atomic mass is 16.5. The van der Waals surface area contributed by atoms with Gasteiger partial charge in [0, 0.05) is 11.9 Å². The van der Waals surface area contributed by atoms with Gasteiger partial charge in [0.15, 0.2) is 0 Å². The molecule has 7 nitrogen and oxygen atoms in total. The fourth-order valence-electron chi connectivity index (χ4n) is 2.85. The van der Waals surface area contributed by atoms with Crippen molar-refractivity contribution in [2.45, 2.75) is 25.8 Å². The monoisotopic (exact) mass is 353 g/mol. The van der Waals surface area contributed by atoms with Crippen LogP contribution in [-0.2, 0) is 14.3 Å². The predicted molar refractivity (Wildman–Crippen MR) is 96.6 cm³/mol. The molecule has 0 saturated heterocycles. The Balaban J connectivity index is 1.78. The second-order valence-electron chi connectivity index (χ2n) is 6.14. The lowest BCUT2D eigenvalue weighted by Crippen LogP contribution is -2.58. The summed E-state index contributed by atoms with van der Waals surface area (Å²) < 4.78 is 4.93. The molecule has 0 aliphatic carbocycles. The first-order chi connectivity index (χ1) is 12.4. The largest absolute Gasteiger partial charge is 0.462 e. The Bertz CT molecular complexity index is 839. The molecule has 7 heteroatoms. The molecule has 2 heterocycles. The van der Waals surface area contributed by atoms with E-state index >= 15 is 0 Å². The Kier molecular flexibility index (Phi) is 4.71. The summed E-state index contributed by atoms with van der Waals surface area (Å²) in [5, 5.41) is 2.81. The summed E-state index contributed by atoms with van der Waals surface area (Å²) >= 11 is 0. The number of nitrogens with one attached hydrogen (secondary N) is 1. The lowest BCUT2D eigenvalue weighted by Gasteiger charge is -2.41. The second-order valence-corrected chi connectivity index (χ2v) is 6.14. The van der Waals surface area contributed by atoms with Crippen LogP contribution >= 0.6 is 0 Å². The molecule has 0 radical (unpaired) electrons. The zero-order valence-electron chi connectivity index (χ0n) is 14.6. The van der Waals surface area contributed by atoms with Crippen LogP contribution in [0, 0.1) is 0 Å². The van der Waals surface area contributed by atoms with Crippen LogP contribution in [0.3, 0.4) is 0 Å². The normalized spacial score (nSPS) is 21.1. The Labute approximate surface area is 151 Å². The van der Waals surface area contributed by atoms with E-state index in [0.717, 1.165) is 0 Å². The Morgan fingerprint density at radius 3 is 2.69 bits per heavy atom. The smallest absolute Gasteiger partial charge is 0.338 e. The molecule has 134 valence electrons. The number of esters is 1. The number of carbonyl (C=O) groups is 3. The van der Waals surface area contributed by atoms with Crippen LogP contribution in [0.1, 0.15) is 30.6 Å². The molecule has 2 aliphatic heterocycles. The molecule has 3 rings (SSSR count). The van der Waals surface area contributed by atoms with Crippen LogP contribution in [0.5, 0.6) is 0 Å². The van der Waals surface area contributed by atoms with Gasteiger partial charge in [0.05, 0.1) is 18.6 Å². The van der Waals surface area contributed by atoms with E-state index in [4.69, 9.17) is 4.74 Å². The van der Waals surface area contributed by atoms with Gasteiger partial charge in [0.25, 0.3) is 11.8 Å². The minimum atomic E-state index is -1.09. The van der Waals surface area contributed by atoms with Crippen LogP contribution in [0.25, 0.3) is 0 Å². The Morgan fingerprint density at radius 1 is 1.27 bits per heavy atom. The molecule has 1 atom stereocenters. The molecular formula is C19H19N3O4. The summed E-state index contributed by atoms with van der Waals surface area (Å²) in [6, 6.07) is 6.41. The molecule has 1 unspecified atom stereocenters. The van der Waals surface area contributed by atoms with E-state index in [9.17, 15) is 14.4 Å². The highest BCUT2D eigenvalue weighted by Crippen LogP contribution is 2.29. The summed E-state index contributed by atoms with van der Waals surface area (Å²) in [6.07, 6.45) is 6.95. The van der Waals surface area contributed by atoms with E-state index in [1.165, 1.54) is 0 Å². The third-order valence-corrected chi connectivity index (χ3v) is 4.25. The molecule has 0 fully saturated rings. The number of amides is 2. The third-order valence-electron chi connectivity index (χ3n) is 4.25. The van der Waals surface area contributed by atoms with E-state index < -0.39 is 11.5 Å². The van der Waals surface area contributed by atoms with Gasteiger partial charge in [-0.05, 0) is 50.3 Å². The van der Waals surface area contributed by atoms with E-state index in [1.807, 2.05) is 0 Å². The van der Waals surface area contributed by atoms with Gasteiger partial charge >= 0.3 is 5.97 Å². The maximum Gasteiger partial charge on any atom is 0.338 e. The number of benzene rings is 1. The highest BCUT2D eigenvalue weighted by molar-refractivity contribution is 6.12. The van der Waals surface area contributed by atoms with Gasteiger partial charge in [-0.2, -0.15) is 4.99 Å². The van der Waals surface area contributed by atoms with Gasteiger partial charge in [-0.1, -0.05) is 6.08 Å². The van der Waals surface area contributed by atoms with E-state index in [0.29, 0.717) is 23.7 Å². The van der Waals surface area contributed by atoms with E-state index in [2.05, 4.69) is 10.3 Å². The summed E-state index contributed by atoms with van der Waals surface area (Å²) in [6.45, 7) is 3.73. The van der Waals surface area contributed by atoms with Crippen LogP contribution in [0.4, 0.5) is 5.69 Å². The highest BCUT2D eigenvalue weighted by Gasteiger charge is 2.45. The number of ether oxygens (including phenoxy) is 1. The molecule has 2 amide bonds. The number of rotatable bonds is 4. The maximum absolute atomic E-state index is 12.9. The number of carbonyl (C=O) groups excluding carboxylic acids is 3. The molecule has 26 heavy (non-hydrogen) atoms. The SMILES string of the molecule is CCOC(=O)c1ccc(NC(=O)C2(C)CC(=O)N=C3C=CC=CN32)cc1. The molecule has 1 aromatic carbocycles. The number of aliphatic imine (C=N–C) groups is 1. The molecule has 1 aromatic rings. The van der Waals surface area contributed by atoms with E-state index in [-0.39, 0.29) is 18.2 Å². The van der Waals surface area contributed by atoms with Crippen LogP contribution in [0.15, 0.2) is 53.7 Å². The number of fused-ring (bicyclic) bond motifs is 1. The molecule has 1 N–H and O–H groups in total. The first-order valence-corrected chi connectivity index (χ1v) is 8.28. The third kappa shape index (κ3) is 3.28. The molecule has 0 aromatic heterocycles. The first kappa shape index (κ1) is 17.6. The zero-order chi connectivity index (χ0) is 18.7. The van der Waals surface area contributed by atoms with Crippen molar-refractivity contribution in [2.24, 2.45) is 4.99 Å². The summed E-state index contributed by atoms with van der Waals surface area (Å²) in [5.41, 5.74) is -0.158. The van der Waals surface area contributed by atoms with Crippen molar-refractivity contribution in [2.75, 3.05) is 11.9 Å². The van der Waals surface area contributed by atoms with Crippen molar-refractivity contribution >= 4 is 29.3 Å². The summed E-state index contributed by atoms with van der Waals surface area (Å²) in [5.74, 6) is -0.644. The fraction of sp³-hybridized carbons (Fsp3) is 0.263. The Morgan fingerprint density at radius 2 is 2.00 bits per heavy atom. The number of anilines is 1. The van der Waals surface area contributed by atoms with Crippen LogP contribution in [-0.4, -0.2) is 40.7 Å². The number of amidine groups is 1. The molecule has 2 aliphatic rings. The van der Waals surface area contributed by atoms with E-state index in [1.54, 1.807) is 67.4 Å². The average molecular weight is 353 g/mol. The standard InChI is InChI=1S/C19H19N3O4/c1-3-26-17(24)13-7-9-14(10-8-13)20-18(25)19(2)12-16(23)21-15-6-4-5-11-22(15)19/h4-11H,3,12H2,1-2H3,(H,20,25). The van der Waals surface area contributed by atoms with Gasteiger partial charge < -0.3 is 15.0 Å². The van der Waals surface area contributed by atoms with Crippen molar-refractivity contribution < 1.29 is 19.1 Å². The number of allylic oxidation sites excluding steroid dienone is 2. The average Bonchev–Trinajstić information content (AvgIpc) is 2.62. The van der Waals surface area contributed by atoms with Crippen molar-refractivity contribution in [1.29, 1.82) is 0 Å². The second kappa shape index (κ2) is 6.95. The van der Waals surface area contributed by atoms with Crippen molar-refractivity contribution in [3.8, 4) is 0 Å². The van der Waals surface area contributed by atoms with Crippen molar-refractivity contribution in [3.05, 3.63) is 54.3 Å². The molecule has 0 spiro atoms. The first-order valence-electron chi connectivity index (χ1n) is 8.28. The van der Waals surface area contributed by atoms with Crippen LogP contribution < -0.4 is 5.32 Å². The van der Waals surface area contributed by atoms with Gasteiger partial charge in [0.1, 0.15) is 11.4 Å².